The number of hydrogen-bond acceptors (Lipinski definition) is 4. The number of likely N-dealkylation sites (tertiary alicyclic amines) is 1. The first kappa shape index (κ1) is 12.2. The van der Waals surface area contributed by atoms with Crippen molar-refractivity contribution in [3.8, 4) is 0 Å². The molecule has 2 aromatic heterocycles. The Kier molecular flexibility index (Phi) is 3.20. The lowest BCUT2D eigenvalue weighted by Gasteiger charge is -2.25. The summed E-state index contributed by atoms with van der Waals surface area (Å²) < 4.78 is 2.07. The molecule has 0 aliphatic carbocycles. The zero-order valence-electron chi connectivity index (χ0n) is 10.6. The van der Waals surface area contributed by atoms with Gasteiger partial charge in [0.15, 0.2) is 0 Å². The third-order valence-electron chi connectivity index (χ3n) is 3.41. The van der Waals surface area contributed by atoms with Crippen LogP contribution in [-0.2, 0) is 7.05 Å². The molecule has 1 fully saturated rings. The highest BCUT2D eigenvalue weighted by Crippen LogP contribution is 2.32. The number of carbonyl (C=O) groups is 1. The van der Waals surface area contributed by atoms with E-state index in [4.69, 9.17) is 0 Å². The smallest absolute Gasteiger partial charge is 0.324 e. The monoisotopic (exact) mass is 277 g/mol. The molecular weight excluding hydrogens is 262 g/mol. The van der Waals surface area contributed by atoms with E-state index in [0.29, 0.717) is 5.13 Å². The largest absolute Gasteiger partial charge is 0.353 e. The Morgan fingerprint density at radius 2 is 2.47 bits per heavy atom. The van der Waals surface area contributed by atoms with Gasteiger partial charge < -0.3 is 9.47 Å². The lowest BCUT2D eigenvalue weighted by Crippen LogP contribution is -2.35. The average molecular weight is 277 g/mol. The van der Waals surface area contributed by atoms with Gasteiger partial charge in [0.05, 0.1) is 6.04 Å². The number of urea groups is 1. The molecule has 1 N–H and O–H groups in total. The first-order valence-electron chi connectivity index (χ1n) is 6.21. The first-order chi connectivity index (χ1) is 9.25. The van der Waals surface area contributed by atoms with Crippen molar-refractivity contribution in [2.24, 2.45) is 7.05 Å². The molecule has 1 saturated heterocycles. The Bertz CT molecular complexity index is 564. The molecule has 0 saturated carbocycles. The van der Waals surface area contributed by atoms with Crippen molar-refractivity contribution in [1.82, 2.24) is 19.7 Å². The van der Waals surface area contributed by atoms with Crippen molar-refractivity contribution in [1.29, 1.82) is 0 Å². The fraction of sp³-hybridized carbons (Fsp3) is 0.417. The van der Waals surface area contributed by atoms with E-state index in [1.165, 1.54) is 17.0 Å². The van der Waals surface area contributed by atoms with E-state index >= 15 is 0 Å². The van der Waals surface area contributed by atoms with Crippen molar-refractivity contribution in [2.75, 3.05) is 11.9 Å². The van der Waals surface area contributed by atoms with E-state index in [9.17, 15) is 4.79 Å². The van der Waals surface area contributed by atoms with Crippen LogP contribution in [-0.4, -0.2) is 32.2 Å². The normalized spacial score (nSPS) is 18.8. The molecule has 0 aromatic carbocycles. The Morgan fingerprint density at radius 3 is 3.16 bits per heavy atom. The predicted octanol–water partition coefficient (Wildman–Crippen LogP) is 2.25. The Morgan fingerprint density at radius 1 is 1.58 bits per heavy atom. The van der Waals surface area contributed by atoms with Gasteiger partial charge in [-0.15, -0.1) is 10.2 Å². The number of rotatable bonds is 2. The molecule has 2 amide bonds. The van der Waals surface area contributed by atoms with E-state index in [1.54, 1.807) is 5.51 Å². The van der Waals surface area contributed by atoms with Gasteiger partial charge in [0.25, 0.3) is 0 Å². The summed E-state index contributed by atoms with van der Waals surface area (Å²) >= 11 is 1.33. The third-order valence-corrected chi connectivity index (χ3v) is 4.02. The van der Waals surface area contributed by atoms with E-state index in [1.807, 2.05) is 24.2 Å². The number of carbonyl (C=O) groups excluding carboxylic acids is 1. The van der Waals surface area contributed by atoms with Gasteiger partial charge in [-0.2, -0.15) is 0 Å². The van der Waals surface area contributed by atoms with Gasteiger partial charge in [-0.3, -0.25) is 5.32 Å². The van der Waals surface area contributed by atoms with Gasteiger partial charge in [0.1, 0.15) is 5.51 Å². The summed E-state index contributed by atoms with van der Waals surface area (Å²) in [4.78, 5) is 14.1. The second-order valence-electron chi connectivity index (χ2n) is 4.57. The summed E-state index contributed by atoms with van der Waals surface area (Å²) in [5, 5.41) is 10.9. The topological polar surface area (TPSA) is 63.1 Å². The van der Waals surface area contributed by atoms with Crippen LogP contribution in [0.4, 0.5) is 9.93 Å². The highest BCUT2D eigenvalue weighted by atomic mass is 32.1. The quantitative estimate of drug-likeness (QED) is 0.915. The van der Waals surface area contributed by atoms with Gasteiger partial charge >= 0.3 is 6.03 Å². The number of nitrogens with one attached hydrogen (secondary N) is 1. The van der Waals surface area contributed by atoms with Crippen molar-refractivity contribution in [3.05, 3.63) is 29.5 Å². The second kappa shape index (κ2) is 5.00. The fourth-order valence-corrected chi connectivity index (χ4v) is 2.96. The van der Waals surface area contributed by atoms with E-state index < -0.39 is 0 Å². The van der Waals surface area contributed by atoms with Crippen LogP contribution in [0.2, 0.25) is 0 Å². The average Bonchev–Trinajstić information content (AvgIpc) is 3.07. The van der Waals surface area contributed by atoms with Crippen LogP contribution in [0.5, 0.6) is 0 Å². The highest BCUT2D eigenvalue weighted by Gasteiger charge is 2.31. The molecule has 7 heteroatoms. The lowest BCUT2D eigenvalue weighted by molar-refractivity contribution is 0.205. The summed E-state index contributed by atoms with van der Waals surface area (Å²) in [5.41, 5.74) is 2.78. The maximum Gasteiger partial charge on any atom is 0.324 e. The lowest BCUT2D eigenvalue weighted by atomic mass is 10.1. The summed E-state index contributed by atoms with van der Waals surface area (Å²) in [6.45, 7) is 0.778. The fourth-order valence-electron chi connectivity index (χ4n) is 2.53. The van der Waals surface area contributed by atoms with E-state index in [2.05, 4.69) is 26.1 Å². The molecular formula is C12H15N5OS. The van der Waals surface area contributed by atoms with E-state index in [-0.39, 0.29) is 12.1 Å². The number of anilines is 1. The van der Waals surface area contributed by atoms with E-state index in [0.717, 1.165) is 19.4 Å². The Balaban J connectivity index is 1.76. The van der Waals surface area contributed by atoms with Crippen molar-refractivity contribution >= 4 is 22.5 Å². The van der Waals surface area contributed by atoms with Crippen LogP contribution in [0, 0.1) is 0 Å². The SMILES string of the molecule is Cn1cccc1[C@H]1CCCN1C(=O)Nc1nncs1. The summed E-state index contributed by atoms with van der Waals surface area (Å²) in [6.07, 6.45) is 4.04. The first-order valence-corrected chi connectivity index (χ1v) is 7.08. The molecule has 3 rings (SSSR count). The summed E-state index contributed by atoms with van der Waals surface area (Å²) in [6, 6.07) is 4.13. The predicted molar refractivity (Wildman–Crippen MR) is 73.0 cm³/mol. The molecule has 1 atom stereocenters. The molecule has 19 heavy (non-hydrogen) atoms. The summed E-state index contributed by atoms with van der Waals surface area (Å²) in [5.74, 6) is 0. The number of aromatic nitrogens is 3. The highest BCUT2D eigenvalue weighted by molar-refractivity contribution is 7.13. The number of amides is 2. The third kappa shape index (κ3) is 2.33. The molecule has 100 valence electrons. The minimum atomic E-state index is -0.0968. The molecule has 2 aromatic rings. The molecule has 0 spiro atoms. The molecule has 0 bridgehead atoms. The van der Waals surface area contributed by atoms with Crippen LogP contribution in [0.15, 0.2) is 23.8 Å². The van der Waals surface area contributed by atoms with Gasteiger partial charge in [-0.1, -0.05) is 11.3 Å². The second-order valence-corrected chi connectivity index (χ2v) is 5.40. The molecule has 1 aliphatic heterocycles. The minimum absolute atomic E-state index is 0.0968. The molecule has 0 radical (unpaired) electrons. The number of aryl methyl sites for hydroxylation is 1. The zero-order chi connectivity index (χ0) is 13.2. The molecule has 3 heterocycles. The van der Waals surface area contributed by atoms with Crippen LogP contribution in [0.3, 0.4) is 0 Å². The number of nitrogens with zero attached hydrogens (tertiary/aromatic N) is 4. The van der Waals surface area contributed by atoms with Crippen molar-refractivity contribution in [3.63, 3.8) is 0 Å². The molecule has 6 nitrogen and oxygen atoms in total. The van der Waals surface area contributed by atoms with Gasteiger partial charge in [0.2, 0.25) is 5.13 Å². The van der Waals surface area contributed by atoms with Crippen LogP contribution >= 0.6 is 11.3 Å². The Hall–Kier alpha value is -1.89. The number of hydrogen-bond donors (Lipinski definition) is 1. The van der Waals surface area contributed by atoms with Crippen molar-refractivity contribution < 1.29 is 4.79 Å². The molecule has 0 unspecified atom stereocenters. The van der Waals surface area contributed by atoms with Crippen LogP contribution in [0.25, 0.3) is 0 Å². The van der Waals surface area contributed by atoms with Crippen molar-refractivity contribution in [2.45, 2.75) is 18.9 Å². The van der Waals surface area contributed by atoms with Gasteiger partial charge in [-0.05, 0) is 25.0 Å². The Labute approximate surface area is 115 Å². The maximum absolute atomic E-state index is 12.3. The summed E-state index contributed by atoms with van der Waals surface area (Å²) in [7, 11) is 2.01. The zero-order valence-corrected chi connectivity index (χ0v) is 11.4. The van der Waals surface area contributed by atoms with Gasteiger partial charge in [-0.25, -0.2) is 4.79 Å². The van der Waals surface area contributed by atoms with Crippen LogP contribution in [0.1, 0.15) is 24.6 Å². The molecule has 1 aliphatic rings. The minimum Gasteiger partial charge on any atom is -0.353 e. The van der Waals surface area contributed by atoms with Gasteiger partial charge in [0, 0.05) is 25.5 Å². The standard InChI is InChI=1S/C12H15N5OS/c1-16-6-2-4-9(16)10-5-3-7-17(10)12(18)14-11-15-13-8-19-11/h2,4,6,8,10H,3,5,7H2,1H3,(H,14,15,18)/t10-/m1/s1. The maximum atomic E-state index is 12.3. The van der Waals surface area contributed by atoms with Crippen LogP contribution < -0.4 is 5.32 Å².